The van der Waals surface area contributed by atoms with Crippen molar-refractivity contribution in [2.24, 2.45) is 0 Å². The number of benzene rings is 3. The van der Waals surface area contributed by atoms with E-state index in [9.17, 15) is 0 Å². The van der Waals surface area contributed by atoms with Gasteiger partial charge in [0.1, 0.15) is 19.6 Å². The molecule has 1 unspecified atom stereocenters. The fourth-order valence-corrected chi connectivity index (χ4v) is 21.7. The zero-order valence-corrected chi connectivity index (χ0v) is 34.0. The molecule has 4 aromatic rings. The molecule has 2 atom stereocenters. The monoisotopic (exact) mass is 665 g/mol. The molecule has 1 saturated heterocycles. The lowest BCUT2D eigenvalue weighted by atomic mass is 9.93. The van der Waals surface area contributed by atoms with Gasteiger partial charge in [-0.2, -0.15) is 0 Å². The molecule has 252 valence electrons. The van der Waals surface area contributed by atoms with Crippen LogP contribution in [0.2, 0.25) is 19.6 Å². The lowest BCUT2D eigenvalue weighted by Gasteiger charge is -2.29. The van der Waals surface area contributed by atoms with E-state index < -0.39 is 16.6 Å². The highest BCUT2D eigenvalue weighted by molar-refractivity contribution is 7.10. The molecular formula is C41H61N4Si2+. The van der Waals surface area contributed by atoms with Gasteiger partial charge in [-0.3, -0.25) is 0 Å². The molecule has 1 aliphatic heterocycles. The SMILES string of the molecule is Cc1ccc(C2(c3ccc(C)cc3)N([Si](C)(C)C)[Si@]2(Nc2c(C(C)C)cccc2C(C)C)c2n(C(C)C)c(C)c(C)[n+]2C(C)C)cc1. The standard InChI is InChI=1S/C41H61N4Si2/c1-27(2)37-17-16-18-38(28(3)4)39(37)42-47(40-43(29(5)6)33(11)34(12)44(40)30(7)8)41(45(47)46(13,14)15,35-23-19-31(9)20-24-35)36-25-21-32(10)22-26-36/h16-30,42H,1-15H3/q+1/t45?,47-/m1/s1. The Morgan fingerprint density at radius 2 is 1.13 bits per heavy atom. The molecule has 1 aliphatic rings. The molecule has 0 aliphatic carbocycles. The first-order valence-electron chi connectivity index (χ1n) is 17.9. The zero-order chi connectivity index (χ0) is 34.8. The van der Waals surface area contributed by atoms with Gasteiger partial charge in [0.05, 0.1) is 17.2 Å². The molecule has 5 rings (SSSR count). The third-order valence-electron chi connectivity index (χ3n) is 10.5. The normalized spacial score (nSPS) is 19.3. The van der Waals surface area contributed by atoms with Crippen molar-refractivity contribution < 1.29 is 4.57 Å². The van der Waals surface area contributed by atoms with Crippen LogP contribution in [-0.2, 0) is 5.16 Å². The van der Waals surface area contributed by atoms with Gasteiger partial charge in [0.2, 0.25) is 0 Å². The van der Waals surface area contributed by atoms with E-state index in [4.69, 9.17) is 4.98 Å². The summed E-state index contributed by atoms with van der Waals surface area (Å²) in [6.07, 6.45) is 0. The van der Waals surface area contributed by atoms with Gasteiger partial charge in [-0.1, -0.05) is 125 Å². The van der Waals surface area contributed by atoms with Gasteiger partial charge in [0, 0.05) is 19.5 Å². The van der Waals surface area contributed by atoms with E-state index >= 15 is 0 Å². The van der Waals surface area contributed by atoms with Crippen LogP contribution in [-0.4, -0.2) is 25.4 Å². The zero-order valence-electron chi connectivity index (χ0n) is 32.0. The van der Waals surface area contributed by atoms with Crippen LogP contribution in [0.3, 0.4) is 0 Å². The fourth-order valence-electron chi connectivity index (χ4n) is 8.53. The number of nitrogens with zero attached hydrogens (tertiary/aromatic N) is 3. The summed E-state index contributed by atoms with van der Waals surface area (Å²) in [7, 11) is -4.97. The minimum atomic E-state index is -2.94. The third-order valence-corrected chi connectivity index (χ3v) is 19.8. The molecule has 0 radical (unpaired) electrons. The number of aromatic nitrogens is 2. The number of nitrogens with one attached hydrogen (secondary N) is 1. The number of hydrogen-bond donors (Lipinski definition) is 1. The quantitative estimate of drug-likeness (QED) is 0.104. The first-order valence-corrected chi connectivity index (χ1v) is 23.3. The minimum absolute atomic E-state index is 0.308. The second-order valence-corrected chi connectivity index (χ2v) is 24.9. The summed E-state index contributed by atoms with van der Waals surface area (Å²) >= 11 is 0. The van der Waals surface area contributed by atoms with Gasteiger partial charge in [0.25, 0.3) is 5.45 Å². The van der Waals surface area contributed by atoms with Crippen LogP contribution in [0, 0.1) is 27.7 Å². The number of hydrogen-bond acceptors (Lipinski definition) is 2. The maximum Gasteiger partial charge on any atom is 0.388 e. The Labute approximate surface area is 288 Å². The summed E-state index contributed by atoms with van der Waals surface area (Å²) in [6, 6.07) is 26.8. The molecule has 1 N–H and O–H groups in total. The highest BCUT2D eigenvalue weighted by Gasteiger charge is 2.88. The molecule has 0 amide bonds. The van der Waals surface area contributed by atoms with Gasteiger partial charge in [-0.15, -0.1) is 0 Å². The second-order valence-electron chi connectivity index (χ2n) is 16.3. The van der Waals surface area contributed by atoms with Crippen molar-refractivity contribution >= 4 is 27.8 Å². The molecule has 4 nitrogen and oxygen atoms in total. The Hall–Kier alpha value is -2.94. The van der Waals surface area contributed by atoms with Crippen molar-refractivity contribution in [3.63, 3.8) is 0 Å². The van der Waals surface area contributed by atoms with Gasteiger partial charge < -0.3 is 9.21 Å². The van der Waals surface area contributed by atoms with Crippen molar-refractivity contribution in [2.75, 3.05) is 4.98 Å². The van der Waals surface area contributed by atoms with Gasteiger partial charge in [-0.05, 0) is 75.6 Å². The largest absolute Gasteiger partial charge is 0.388 e. The first kappa shape index (κ1) is 35.4. The van der Waals surface area contributed by atoms with E-state index in [1.165, 1.54) is 55.9 Å². The number of anilines is 1. The van der Waals surface area contributed by atoms with Crippen molar-refractivity contribution in [1.82, 2.24) is 8.80 Å². The Morgan fingerprint density at radius 3 is 1.49 bits per heavy atom. The molecule has 2 heterocycles. The van der Waals surface area contributed by atoms with Crippen LogP contribution < -0.4 is 15.0 Å². The molecule has 0 spiro atoms. The highest BCUT2D eigenvalue weighted by atomic mass is 28.4. The van der Waals surface area contributed by atoms with Gasteiger partial charge in [-0.25, -0.2) is 9.13 Å². The average Bonchev–Trinajstić information content (AvgIpc) is 3.51. The summed E-state index contributed by atoms with van der Waals surface area (Å²) in [4.78, 5) is 4.71. The van der Waals surface area contributed by atoms with Crippen LogP contribution in [0.4, 0.5) is 5.69 Å². The van der Waals surface area contributed by atoms with Gasteiger partial charge >= 0.3 is 8.40 Å². The lowest BCUT2D eigenvalue weighted by molar-refractivity contribution is -0.705. The van der Waals surface area contributed by atoms with E-state index in [-0.39, 0.29) is 5.16 Å². The lowest BCUT2D eigenvalue weighted by Crippen LogP contribution is -2.70. The number of imidazole rings is 1. The van der Waals surface area contributed by atoms with Crippen LogP contribution >= 0.6 is 0 Å². The van der Waals surface area contributed by atoms with Crippen LogP contribution in [0.25, 0.3) is 0 Å². The molecule has 1 fully saturated rings. The molecule has 0 bridgehead atoms. The Morgan fingerprint density at radius 1 is 0.681 bits per heavy atom. The minimum Gasteiger partial charge on any atom is -0.388 e. The molecule has 6 heteroatoms. The maximum absolute atomic E-state index is 4.71. The molecule has 1 aromatic heterocycles. The van der Waals surface area contributed by atoms with Gasteiger partial charge in [0.15, 0.2) is 0 Å². The summed E-state index contributed by atoms with van der Waals surface area (Å²) in [6.45, 7) is 35.8. The first-order chi connectivity index (χ1) is 21.9. The Bertz CT molecular complexity index is 1640. The van der Waals surface area contributed by atoms with Crippen LogP contribution in [0.1, 0.15) is 124 Å². The number of rotatable bonds is 10. The number of para-hydroxylation sites is 1. The predicted octanol–water partition coefficient (Wildman–Crippen LogP) is 9.81. The van der Waals surface area contributed by atoms with Crippen molar-refractivity contribution in [3.8, 4) is 0 Å². The summed E-state index contributed by atoms with van der Waals surface area (Å²) in [5.74, 6) is 0.791. The van der Waals surface area contributed by atoms with E-state index in [0.29, 0.717) is 23.9 Å². The molecule has 0 saturated carbocycles. The summed E-state index contributed by atoms with van der Waals surface area (Å²) in [5, 5.41) is -0.308. The molecular weight excluding hydrogens is 605 g/mol. The van der Waals surface area contributed by atoms with Crippen LogP contribution in [0.5, 0.6) is 0 Å². The van der Waals surface area contributed by atoms with Crippen molar-refractivity contribution in [2.45, 2.75) is 132 Å². The van der Waals surface area contributed by atoms with Crippen molar-refractivity contribution in [1.29, 1.82) is 0 Å². The summed E-state index contributed by atoms with van der Waals surface area (Å²) < 4.78 is 8.52. The molecule has 3 aromatic carbocycles. The fraction of sp³-hybridized carbons (Fsp3) is 0.488. The van der Waals surface area contributed by atoms with E-state index in [0.717, 1.165) is 0 Å². The number of aryl methyl sites for hydroxylation is 2. The molecule has 47 heavy (non-hydrogen) atoms. The third kappa shape index (κ3) is 5.48. The van der Waals surface area contributed by atoms with E-state index in [1.54, 1.807) is 0 Å². The van der Waals surface area contributed by atoms with Crippen LogP contribution in [0.15, 0.2) is 66.7 Å². The van der Waals surface area contributed by atoms with Crippen molar-refractivity contribution in [3.05, 3.63) is 111 Å². The predicted molar refractivity (Wildman–Crippen MR) is 207 cm³/mol. The second kappa shape index (κ2) is 12.5. The van der Waals surface area contributed by atoms with E-state index in [2.05, 4.69) is 183 Å². The summed E-state index contributed by atoms with van der Waals surface area (Å²) in [5.41, 5.74) is 13.9. The maximum atomic E-state index is 4.71. The Balaban J connectivity index is 2.08. The Kier molecular flexibility index (Phi) is 9.41. The topological polar surface area (TPSA) is 23.8 Å². The smallest absolute Gasteiger partial charge is 0.388 e. The average molecular weight is 666 g/mol. The van der Waals surface area contributed by atoms with E-state index in [1.807, 2.05) is 0 Å². The highest BCUT2D eigenvalue weighted by Crippen LogP contribution is 2.62.